The Labute approximate surface area is 160 Å². The van der Waals surface area contributed by atoms with E-state index in [-0.39, 0.29) is 5.91 Å². The van der Waals surface area contributed by atoms with Crippen molar-refractivity contribution in [1.82, 2.24) is 10.3 Å². The second-order valence-electron chi connectivity index (χ2n) is 5.66. The van der Waals surface area contributed by atoms with Crippen LogP contribution in [-0.4, -0.2) is 16.9 Å². The van der Waals surface area contributed by atoms with Crippen LogP contribution in [0.5, 0.6) is 5.75 Å². The molecular weight excluding hydrogens is 364 g/mol. The Balaban J connectivity index is 1.49. The standard InChI is InChI=1S/C19H18N4O3S/c20-19(25)23-15-5-1-13(2-6-15)9-21-18(24)14-3-7-17(8-4-14)26-10-16-11-27-12-22-16/h1-8,11-12H,9-10H2,(H,21,24)(H3,20,23,25). The maximum absolute atomic E-state index is 12.3. The van der Waals surface area contributed by atoms with Crippen LogP contribution in [0.3, 0.4) is 0 Å². The van der Waals surface area contributed by atoms with E-state index in [1.54, 1.807) is 54.0 Å². The van der Waals surface area contributed by atoms with Gasteiger partial charge >= 0.3 is 6.03 Å². The summed E-state index contributed by atoms with van der Waals surface area (Å²) in [6.45, 7) is 0.771. The van der Waals surface area contributed by atoms with Crippen molar-refractivity contribution >= 4 is 29.0 Å². The molecule has 0 aliphatic heterocycles. The van der Waals surface area contributed by atoms with E-state index < -0.39 is 6.03 Å². The predicted molar refractivity (Wildman–Crippen MR) is 104 cm³/mol. The van der Waals surface area contributed by atoms with E-state index in [2.05, 4.69) is 15.6 Å². The summed E-state index contributed by atoms with van der Waals surface area (Å²) in [5.41, 5.74) is 9.74. The van der Waals surface area contributed by atoms with Crippen LogP contribution < -0.4 is 21.1 Å². The zero-order chi connectivity index (χ0) is 19.1. The lowest BCUT2D eigenvalue weighted by atomic mass is 10.1. The molecule has 0 fully saturated rings. The first-order valence-electron chi connectivity index (χ1n) is 8.14. The van der Waals surface area contributed by atoms with Gasteiger partial charge in [0, 0.05) is 23.2 Å². The average Bonchev–Trinajstić information content (AvgIpc) is 3.19. The second-order valence-corrected chi connectivity index (χ2v) is 6.38. The number of ether oxygens (including phenoxy) is 1. The molecule has 0 saturated carbocycles. The summed E-state index contributed by atoms with van der Waals surface area (Å²) >= 11 is 1.52. The number of primary amides is 1. The fraction of sp³-hybridized carbons (Fsp3) is 0.105. The third-order valence-corrected chi connectivity index (χ3v) is 4.30. The van der Waals surface area contributed by atoms with Gasteiger partial charge in [-0.3, -0.25) is 4.79 Å². The van der Waals surface area contributed by atoms with Gasteiger partial charge in [0.2, 0.25) is 0 Å². The molecule has 2 aromatic carbocycles. The van der Waals surface area contributed by atoms with Gasteiger partial charge in [0.1, 0.15) is 12.4 Å². The lowest BCUT2D eigenvalue weighted by Gasteiger charge is -2.08. The number of thiazole rings is 1. The van der Waals surface area contributed by atoms with Gasteiger partial charge in [-0.25, -0.2) is 9.78 Å². The van der Waals surface area contributed by atoms with Crippen molar-refractivity contribution in [1.29, 1.82) is 0 Å². The number of carbonyl (C=O) groups excluding carboxylic acids is 2. The molecule has 0 spiro atoms. The maximum Gasteiger partial charge on any atom is 0.316 e. The Kier molecular flexibility index (Phi) is 6.01. The van der Waals surface area contributed by atoms with Crippen LogP contribution in [0.25, 0.3) is 0 Å². The van der Waals surface area contributed by atoms with Crippen LogP contribution in [0, 0.1) is 0 Å². The highest BCUT2D eigenvalue weighted by Crippen LogP contribution is 2.15. The van der Waals surface area contributed by atoms with E-state index in [1.807, 2.05) is 5.38 Å². The van der Waals surface area contributed by atoms with E-state index in [0.29, 0.717) is 30.2 Å². The highest BCUT2D eigenvalue weighted by atomic mass is 32.1. The SMILES string of the molecule is NC(=O)Nc1ccc(CNC(=O)c2ccc(OCc3cscn3)cc2)cc1. The molecule has 4 N–H and O–H groups in total. The summed E-state index contributed by atoms with van der Waals surface area (Å²) in [6.07, 6.45) is 0. The van der Waals surface area contributed by atoms with Gasteiger partial charge in [-0.1, -0.05) is 12.1 Å². The number of hydrogen-bond donors (Lipinski definition) is 3. The van der Waals surface area contributed by atoms with Gasteiger partial charge < -0.3 is 21.1 Å². The summed E-state index contributed by atoms with van der Waals surface area (Å²) in [5, 5.41) is 7.26. The number of nitrogens with zero attached hydrogens (tertiary/aromatic N) is 1. The van der Waals surface area contributed by atoms with Gasteiger partial charge in [-0.05, 0) is 42.0 Å². The number of nitrogens with two attached hydrogens (primary N) is 1. The number of hydrogen-bond acceptors (Lipinski definition) is 5. The summed E-state index contributed by atoms with van der Waals surface area (Å²) in [5.74, 6) is 0.498. The molecule has 27 heavy (non-hydrogen) atoms. The number of rotatable bonds is 7. The minimum absolute atomic E-state index is 0.180. The van der Waals surface area contributed by atoms with E-state index in [1.165, 1.54) is 11.3 Å². The van der Waals surface area contributed by atoms with E-state index in [0.717, 1.165) is 11.3 Å². The lowest BCUT2D eigenvalue weighted by Crippen LogP contribution is -2.22. The molecule has 3 amide bonds. The molecule has 7 nitrogen and oxygen atoms in total. The molecular formula is C19H18N4O3S. The molecule has 3 aromatic rings. The van der Waals surface area contributed by atoms with Gasteiger partial charge in [0.25, 0.3) is 5.91 Å². The van der Waals surface area contributed by atoms with Gasteiger partial charge in [-0.15, -0.1) is 11.3 Å². The minimum atomic E-state index is -0.616. The first-order valence-corrected chi connectivity index (χ1v) is 9.08. The first kappa shape index (κ1) is 18.4. The Morgan fingerprint density at radius 1 is 1.07 bits per heavy atom. The summed E-state index contributed by atoms with van der Waals surface area (Å²) in [7, 11) is 0. The van der Waals surface area contributed by atoms with Crippen molar-refractivity contribution < 1.29 is 14.3 Å². The Morgan fingerprint density at radius 2 is 1.81 bits per heavy atom. The molecule has 3 rings (SSSR count). The molecule has 8 heteroatoms. The Morgan fingerprint density at radius 3 is 2.44 bits per heavy atom. The van der Waals surface area contributed by atoms with E-state index >= 15 is 0 Å². The number of amides is 3. The molecule has 0 saturated heterocycles. The molecule has 0 unspecified atom stereocenters. The van der Waals surface area contributed by atoms with E-state index in [4.69, 9.17) is 10.5 Å². The first-order chi connectivity index (χ1) is 13.1. The number of carbonyl (C=O) groups is 2. The molecule has 0 atom stereocenters. The largest absolute Gasteiger partial charge is 0.487 e. The van der Waals surface area contributed by atoms with Crippen molar-refractivity contribution in [3.63, 3.8) is 0 Å². The van der Waals surface area contributed by atoms with Crippen molar-refractivity contribution in [2.24, 2.45) is 5.73 Å². The zero-order valence-corrected chi connectivity index (χ0v) is 15.2. The van der Waals surface area contributed by atoms with Crippen molar-refractivity contribution in [3.8, 4) is 5.75 Å². The summed E-state index contributed by atoms with van der Waals surface area (Å²) in [6, 6.07) is 13.4. The third kappa shape index (κ3) is 5.55. The van der Waals surface area contributed by atoms with E-state index in [9.17, 15) is 9.59 Å². The predicted octanol–water partition coefficient (Wildman–Crippen LogP) is 3.14. The maximum atomic E-state index is 12.3. The molecule has 1 heterocycles. The molecule has 138 valence electrons. The fourth-order valence-electron chi connectivity index (χ4n) is 2.30. The van der Waals surface area contributed by atoms with Crippen LogP contribution in [0.2, 0.25) is 0 Å². The topological polar surface area (TPSA) is 106 Å². The molecule has 0 bridgehead atoms. The number of nitrogens with one attached hydrogen (secondary N) is 2. The third-order valence-electron chi connectivity index (χ3n) is 3.66. The highest BCUT2D eigenvalue weighted by Gasteiger charge is 2.06. The van der Waals surface area contributed by atoms with Crippen LogP contribution >= 0.6 is 11.3 Å². The number of anilines is 1. The van der Waals surface area contributed by atoms with Crippen LogP contribution in [0.15, 0.2) is 59.4 Å². The van der Waals surface area contributed by atoms with Gasteiger partial charge in [0.15, 0.2) is 0 Å². The van der Waals surface area contributed by atoms with Crippen LogP contribution in [-0.2, 0) is 13.2 Å². The van der Waals surface area contributed by atoms with Crippen LogP contribution in [0.4, 0.5) is 10.5 Å². The highest BCUT2D eigenvalue weighted by molar-refractivity contribution is 7.07. The second kappa shape index (κ2) is 8.81. The smallest absolute Gasteiger partial charge is 0.316 e. The quantitative estimate of drug-likeness (QED) is 0.583. The molecule has 0 aliphatic rings. The van der Waals surface area contributed by atoms with Crippen LogP contribution in [0.1, 0.15) is 21.6 Å². The normalized spacial score (nSPS) is 10.2. The van der Waals surface area contributed by atoms with Crippen molar-refractivity contribution in [2.75, 3.05) is 5.32 Å². The summed E-state index contributed by atoms with van der Waals surface area (Å²) in [4.78, 5) is 27.2. The molecule has 0 radical (unpaired) electrons. The van der Waals surface area contributed by atoms with Gasteiger partial charge in [-0.2, -0.15) is 0 Å². The minimum Gasteiger partial charge on any atom is -0.487 e. The van der Waals surface area contributed by atoms with Crippen molar-refractivity contribution in [2.45, 2.75) is 13.2 Å². The van der Waals surface area contributed by atoms with Gasteiger partial charge in [0.05, 0.1) is 11.2 Å². The molecule has 0 aliphatic carbocycles. The monoisotopic (exact) mass is 382 g/mol. The average molecular weight is 382 g/mol. The Bertz CT molecular complexity index is 894. The number of aromatic nitrogens is 1. The summed E-state index contributed by atoms with van der Waals surface area (Å²) < 4.78 is 5.63. The number of urea groups is 1. The molecule has 1 aromatic heterocycles. The fourth-order valence-corrected chi connectivity index (χ4v) is 2.84. The zero-order valence-electron chi connectivity index (χ0n) is 14.3. The Hall–Kier alpha value is -3.39. The number of benzene rings is 2. The van der Waals surface area contributed by atoms with Crippen molar-refractivity contribution in [3.05, 3.63) is 76.2 Å². The lowest BCUT2D eigenvalue weighted by molar-refractivity contribution is 0.0951.